The summed E-state index contributed by atoms with van der Waals surface area (Å²) in [6, 6.07) is 1.86. The van der Waals surface area contributed by atoms with Crippen LogP contribution in [0.25, 0.3) is 0 Å². The zero-order valence-corrected chi connectivity index (χ0v) is 9.00. The average Bonchev–Trinajstić information content (AvgIpc) is 2.03. The number of aliphatic carboxylic acids is 1. The first-order valence-corrected chi connectivity index (χ1v) is 4.66. The van der Waals surface area contributed by atoms with Gasteiger partial charge in [0.05, 0.1) is 11.6 Å². The van der Waals surface area contributed by atoms with Crippen molar-refractivity contribution in [1.82, 2.24) is 4.98 Å². The van der Waals surface area contributed by atoms with Gasteiger partial charge in [-0.15, -0.1) is 0 Å². The topological polar surface area (TPSA) is 50.2 Å². The lowest BCUT2D eigenvalue weighted by Gasteiger charge is -2.07. The van der Waals surface area contributed by atoms with Crippen molar-refractivity contribution in [3.05, 3.63) is 28.0 Å². The molecule has 0 radical (unpaired) electrons. The highest BCUT2D eigenvalue weighted by atomic mass is 79.9. The highest BCUT2D eigenvalue weighted by molar-refractivity contribution is 9.10. The molecular weight excluding hydrogens is 234 g/mol. The second-order valence-electron chi connectivity index (χ2n) is 2.94. The maximum absolute atomic E-state index is 10.7. The molecule has 0 saturated heterocycles. The van der Waals surface area contributed by atoms with Gasteiger partial charge in [0.2, 0.25) is 0 Å². The summed E-state index contributed by atoms with van der Waals surface area (Å²) in [6.45, 7) is 3.53. The Morgan fingerprint density at radius 3 is 2.77 bits per heavy atom. The molecule has 1 heterocycles. The van der Waals surface area contributed by atoms with E-state index in [4.69, 9.17) is 5.11 Å². The van der Waals surface area contributed by atoms with Gasteiger partial charge in [0.25, 0.3) is 0 Å². The molecule has 0 aliphatic carbocycles. The molecule has 0 spiro atoms. The van der Waals surface area contributed by atoms with Crippen molar-refractivity contribution in [2.75, 3.05) is 0 Å². The van der Waals surface area contributed by atoms with Gasteiger partial charge >= 0.3 is 5.97 Å². The first kappa shape index (κ1) is 10.2. The number of carboxylic acids is 1. The molecule has 1 rings (SSSR count). The number of aryl methyl sites for hydroxylation is 1. The number of halogens is 1. The Morgan fingerprint density at radius 2 is 2.31 bits per heavy atom. The summed E-state index contributed by atoms with van der Waals surface area (Å²) >= 11 is 3.29. The lowest BCUT2D eigenvalue weighted by atomic mass is 10.1. The fourth-order valence-electron chi connectivity index (χ4n) is 0.980. The molecule has 13 heavy (non-hydrogen) atoms. The van der Waals surface area contributed by atoms with Crippen LogP contribution in [0.5, 0.6) is 0 Å². The van der Waals surface area contributed by atoms with Crippen molar-refractivity contribution in [3.8, 4) is 0 Å². The molecule has 0 fully saturated rings. The van der Waals surface area contributed by atoms with Gasteiger partial charge in [-0.05, 0) is 41.4 Å². The lowest BCUT2D eigenvalue weighted by molar-refractivity contribution is -0.138. The molecule has 3 nitrogen and oxygen atoms in total. The van der Waals surface area contributed by atoms with Crippen molar-refractivity contribution < 1.29 is 9.90 Å². The third-order valence-electron chi connectivity index (χ3n) is 1.79. The number of hydrogen-bond acceptors (Lipinski definition) is 2. The Hall–Kier alpha value is -0.900. The smallest absolute Gasteiger partial charge is 0.312 e. The number of pyridine rings is 1. The molecule has 0 aliphatic heterocycles. The first-order valence-electron chi connectivity index (χ1n) is 3.87. The van der Waals surface area contributed by atoms with Crippen LogP contribution < -0.4 is 0 Å². The summed E-state index contributed by atoms with van der Waals surface area (Å²) in [7, 11) is 0. The van der Waals surface area contributed by atoms with Crippen LogP contribution in [0.15, 0.2) is 16.7 Å². The average molecular weight is 244 g/mol. The van der Waals surface area contributed by atoms with Crippen molar-refractivity contribution in [2.45, 2.75) is 19.8 Å². The van der Waals surface area contributed by atoms with Gasteiger partial charge in [-0.2, -0.15) is 0 Å². The Balaban J connectivity index is 3.08. The van der Waals surface area contributed by atoms with Gasteiger partial charge in [0.15, 0.2) is 0 Å². The van der Waals surface area contributed by atoms with Crippen LogP contribution in [0.1, 0.15) is 24.1 Å². The van der Waals surface area contributed by atoms with E-state index in [9.17, 15) is 4.79 Å². The number of hydrogen-bond donors (Lipinski definition) is 1. The Kier molecular flexibility index (Phi) is 3.03. The van der Waals surface area contributed by atoms with Gasteiger partial charge in [-0.25, -0.2) is 0 Å². The van der Waals surface area contributed by atoms with E-state index < -0.39 is 11.9 Å². The maximum atomic E-state index is 10.7. The SMILES string of the molecule is Cc1cnc(C(C)C(=O)O)c(Br)c1. The quantitative estimate of drug-likeness (QED) is 0.868. The summed E-state index contributed by atoms with van der Waals surface area (Å²) in [5.41, 5.74) is 1.58. The van der Waals surface area contributed by atoms with E-state index in [1.54, 1.807) is 13.1 Å². The zero-order chi connectivity index (χ0) is 10.0. The molecule has 1 aromatic heterocycles. The molecule has 0 bridgehead atoms. The third-order valence-corrected chi connectivity index (χ3v) is 2.42. The van der Waals surface area contributed by atoms with Crippen LogP contribution in [-0.4, -0.2) is 16.1 Å². The van der Waals surface area contributed by atoms with E-state index in [-0.39, 0.29) is 0 Å². The normalized spacial score (nSPS) is 12.5. The molecule has 70 valence electrons. The van der Waals surface area contributed by atoms with Crippen molar-refractivity contribution >= 4 is 21.9 Å². The Bertz CT molecular complexity index is 338. The summed E-state index contributed by atoms with van der Waals surface area (Å²) in [4.78, 5) is 14.7. The largest absolute Gasteiger partial charge is 0.481 e. The van der Waals surface area contributed by atoms with Crippen LogP contribution in [0.4, 0.5) is 0 Å². The molecule has 0 aromatic carbocycles. The number of rotatable bonds is 2. The van der Waals surface area contributed by atoms with E-state index in [0.717, 1.165) is 10.0 Å². The van der Waals surface area contributed by atoms with Crippen LogP contribution in [0.3, 0.4) is 0 Å². The second kappa shape index (κ2) is 3.87. The van der Waals surface area contributed by atoms with Gasteiger partial charge in [0, 0.05) is 10.7 Å². The predicted molar refractivity (Wildman–Crippen MR) is 52.7 cm³/mol. The molecule has 4 heteroatoms. The minimum absolute atomic E-state index is 0.568. The number of nitrogens with zero attached hydrogens (tertiary/aromatic N) is 1. The summed E-state index contributed by atoms with van der Waals surface area (Å²) in [6.07, 6.45) is 1.67. The fourth-order valence-corrected chi connectivity index (χ4v) is 1.79. The molecule has 1 unspecified atom stereocenters. The van der Waals surface area contributed by atoms with Gasteiger partial charge < -0.3 is 5.11 Å². The second-order valence-corrected chi connectivity index (χ2v) is 3.79. The van der Waals surface area contributed by atoms with E-state index in [0.29, 0.717) is 5.69 Å². The highest BCUT2D eigenvalue weighted by Crippen LogP contribution is 2.23. The Labute approximate surface area is 84.9 Å². The van der Waals surface area contributed by atoms with E-state index in [1.807, 2.05) is 13.0 Å². The minimum Gasteiger partial charge on any atom is -0.481 e. The van der Waals surface area contributed by atoms with Gasteiger partial charge in [-0.1, -0.05) is 0 Å². The summed E-state index contributed by atoms with van der Waals surface area (Å²) in [5.74, 6) is -1.44. The van der Waals surface area contributed by atoms with E-state index in [1.165, 1.54) is 0 Å². The van der Waals surface area contributed by atoms with Crippen LogP contribution >= 0.6 is 15.9 Å². The van der Waals surface area contributed by atoms with Crippen molar-refractivity contribution in [3.63, 3.8) is 0 Å². The maximum Gasteiger partial charge on any atom is 0.312 e. The highest BCUT2D eigenvalue weighted by Gasteiger charge is 2.17. The van der Waals surface area contributed by atoms with Crippen LogP contribution in [0, 0.1) is 6.92 Å². The van der Waals surface area contributed by atoms with E-state index in [2.05, 4.69) is 20.9 Å². The molecule has 1 aromatic rings. The molecule has 0 saturated carbocycles. The van der Waals surface area contributed by atoms with Crippen LogP contribution in [-0.2, 0) is 4.79 Å². The molecule has 1 atom stereocenters. The van der Waals surface area contributed by atoms with Crippen molar-refractivity contribution in [2.24, 2.45) is 0 Å². The molecule has 0 aliphatic rings. The standard InChI is InChI=1S/C9H10BrNO2/c1-5-3-7(10)8(11-4-5)6(2)9(12)13/h3-4,6H,1-2H3,(H,12,13). The van der Waals surface area contributed by atoms with Crippen molar-refractivity contribution in [1.29, 1.82) is 0 Å². The lowest BCUT2D eigenvalue weighted by Crippen LogP contribution is -2.09. The number of aromatic nitrogens is 1. The zero-order valence-electron chi connectivity index (χ0n) is 7.41. The monoisotopic (exact) mass is 243 g/mol. The predicted octanol–water partition coefficient (Wildman–Crippen LogP) is 2.34. The Morgan fingerprint density at radius 1 is 1.69 bits per heavy atom. The van der Waals surface area contributed by atoms with E-state index >= 15 is 0 Å². The number of carboxylic acid groups (broad SMARTS) is 1. The third kappa shape index (κ3) is 2.28. The van der Waals surface area contributed by atoms with Crippen LogP contribution in [0.2, 0.25) is 0 Å². The van der Waals surface area contributed by atoms with Gasteiger partial charge in [0.1, 0.15) is 0 Å². The fraction of sp³-hybridized carbons (Fsp3) is 0.333. The molecule has 0 amide bonds. The molecule has 1 N–H and O–H groups in total. The number of carbonyl (C=O) groups is 1. The summed E-state index contributed by atoms with van der Waals surface area (Å²) in [5, 5.41) is 8.77. The first-order chi connectivity index (χ1) is 6.02. The van der Waals surface area contributed by atoms with Gasteiger partial charge in [-0.3, -0.25) is 9.78 Å². The minimum atomic E-state index is -0.864. The molecular formula is C9H10BrNO2. The summed E-state index contributed by atoms with van der Waals surface area (Å²) < 4.78 is 0.752.